The van der Waals surface area contributed by atoms with Crippen LogP contribution in [0.1, 0.15) is 54.6 Å². The van der Waals surface area contributed by atoms with Gasteiger partial charge in [-0.15, -0.1) is 0 Å². The van der Waals surface area contributed by atoms with Crippen molar-refractivity contribution in [2.24, 2.45) is 0 Å². The van der Waals surface area contributed by atoms with Crippen LogP contribution in [0.2, 0.25) is 5.02 Å². The van der Waals surface area contributed by atoms with Gasteiger partial charge < -0.3 is 10.6 Å². The first-order valence-electron chi connectivity index (χ1n) is 11.4. The van der Waals surface area contributed by atoms with Gasteiger partial charge in [-0.25, -0.2) is 13.2 Å². The van der Waals surface area contributed by atoms with Crippen molar-refractivity contribution in [1.82, 2.24) is 15.5 Å². The molecule has 40 heavy (non-hydrogen) atoms. The quantitative estimate of drug-likeness (QED) is 0.226. The molecule has 204 valence electrons. The van der Waals surface area contributed by atoms with Gasteiger partial charge >= 0.3 is 6.18 Å². The van der Waals surface area contributed by atoms with E-state index in [9.17, 15) is 35.9 Å². The summed E-state index contributed by atoms with van der Waals surface area (Å²) in [7, 11) is 0. The zero-order valence-corrected chi connectivity index (χ0v) is 20.6. The summed E-state index contributed by atoms with van der Waals surface area (Å²) in [6.45, 7) is 0. The van der Waals surface area contributed by atoms with Crippen LogP contribution in [0, 0.1) is 11.6 Å². The second kappa shape index (κ2) is 10.2. The number of amides is 2. The summed E-state index contributed by atoms with van der Waals surface area (Å²) >= 11 is 6.26. The van der Waals surface area contributed by atoms with Crippen LogP contribution in [0.25, 0.3) is 11.9 Å². The number of carbonyl (C=O) groups is 2. The van der Waals surface area contributed by atoms with E-state index in [4.69, 9.17) is 11.6 Å². The largest absolute Gasteiger partial charge is 0.416 e. The second-order valence-corrected chi connectivity index (χ2v) is 9.17. The SMILES string of the molecule is O=C(Nc1cc(C=C(F)c2cn[nH]c2)cc2c1C(c1cc(F)ccc1Cl)NC2=O)c1cc(F)cc(C(F)(F)F)c1. The highest BCUT2D eigenvalue weighted by molar-refractivity contribution is 6.31. The van der Waals surface area contributed by atoms with Gasteiger partial charge in [-0.3, -0.25) is 14.7 Å². The molecular weight excluding hydrogens is 562 g/mol. The number of halogens is 7. The first-order chi connectivity index (χ1) is 18.9. The number of benzene rings is 3. The number of aromatic amines is 1. The van der Waals surface area contributed by atoms with Gasteiger partial charge in [0.1, 0.15) is 17.5 Å². The van der Waals surface area contributed by atoms with Gasteiger partial charge in [0.15, 0.2) is 0 Å². The van der Waals surface area contributed by atoms with Crippen molar-refractivity contribution in [2.75, 3.05) is 5.32 Å². The van der Waals surface area contributed by atoms with Gasteiger partial charge in [0, 0.05) is 44.7 Å². The summed E-state index contributed by atoms with van der Waals surface area (Å²) < 4.78 is 82.6. The highest BCUT2D eigenvalue weighted by atomic mass is 35.5. The minimum Gasteiger partial charge on any atom is -0.341 e. The molecule has 1 unspecified atom stereocenters. The van der Waals surface area contributed by atoms with Crippen LogP contribution in [0.4, 0.5) is 32.0 Å². The first kappa shape index (κ1) is 27.0. The molecule has 1 aliphatic heterocycles. The Labute approximate surface area is 226 Å². The first-order valence-corrected chi connectivity index (χ1v) is 11.8. The number of hydrogen-bond donors (Lipinski definition) is 3. The number of fused-ring (bicyclic) bond motifs is 1. The van der Waals surface area contributed by atoms with Crippen molar-refractivity contribution in [3.63, 3.8) is 0 Å². The zero-order valence-electron chi connectivity index (χ0n) is 19.8. The molecule has 0 radical (unpaired) electrons. The van der Waals surface area contributed by atoms with Gasteiger partial charge in [0.05, 0.1) is 17.8 Å². The molecule has 2 amide bonds. The highest BCUT2D eigenvalue weighted by Gasteiger charge is 2.35. The lowest BCUT2D eigenvalue weighted by Gasteiger charge is -2.19. The van der Waals surface area contributed by atoms with E-state index in [0.717, 1.165) is 18.2 Å². The fourth-order valence-corrected chi connectivity index (χ4v) is 4.53. The Morgan fingerprint density at radius 1 is 1.02 bits per heavy atom. The molecule has 6 nitrogen and oxygen atoms in total. The number of anilines is 1. The number of aromatic nitrogens is 2. The average molecular weight is 577 g/mol. The molecule has 5 rings (SSSR count). The average Bonchev–Trinajstić information content (AvgIpc) is 3.54. The lowest BCUT2D eigenvalue weighted by Crippen LogP contribution is -2.21. The molecule has 3 aromatic carbocycles. The van der Waals surface area contributed by atoms with Crippen LogP contribution in [0.3, 0.4) is 0 Å². The van der Waals surface area contributed by atoms with Crippen molar-refractivity contribution < 1.29 is 35.9 Å². The van der Waals surface area contributed by atoms with E-state index >= 15 is 0 Å². The summed E-state index contributed by atoms with van der Waals surface area (Å²) in [6.07, 6.45) is -1.40. The number of alkyl halides is 3. The van der Waals surface area contributed by atoms with E-state index in [1.807, 2.05) is 0 Å². The fourth-order valence-electron chi connectivity index (χ4n) is 4.30. The van der Waals surface area contributed by atoms with Crippen molar-refractivity contribution in [1.29, 1.82) is 0 Å². The third-order valence-corrected chi connectivity index (χ3v) is 6.43. The third-order valence-electron chi connectivity index (χ3n) is 6.08. The standard InChI is InChI=1S/C27H15ClF6N4O2/c28-20-2-1-16(29)9-18(20)24-23-19(26(40)38-24)3-12(4-21(31)14-10-35-36-11-14)5-22(23)37-25(39)13-6-15(27(32,33)34)8-17(30)7-13/h1-11,24H,(H,35,36)(H,37,39)(H,38,40). The van der Waals surface area contributed by atoms with E-state index in [-0.39, 0.29) is 44.6 Å². The maximum atomic E-state index is 14.8. The van der Waals surface area contributed by atoms with Gasteiger partial charge in [-0.1, -0.05) is 11.6 Å². The summed E-state index contributed by atoms with van der Waals surface area (Å²) in [6, 6.07) is 6.24. The number of nitrogens with zero attached hydrogens (tertiary/aromatic N) is 1. The molecule has 13 heteroatoms. The zero-order chi connectivity index (χ0) is 28.8. The predicted molar refractivity (Wildman–Crippen MR) is 134 cm³/mol. The van der Waals surface area contributed by atoms with Gasteiger partial charge in [0.25, 0.3) is 11.8 Å². The van der Waals surface area contributed by atoms with E-state index in [2.05, 4.69) is 20.8 Å². The fraction of sp³-hybridized carbons (Fsp3) is 0.0741. The Kier molecular flexibility index (Phi) is 6.88. The predicted octanol–water partition coefficient (Wildman–Crippen LogP) is 6.91. The van der Waals surface area contributed by atoms with Crippen LogP contribution >= 0.6 is 11.6 Å². The van der Waals surface area contributed by atoms with Crippen LogP contribution in [0.15, 0.2) is 60.9 Å². The monoisotopic (exact) mass is 576 g/mol. The third kappa shape index (κ3) is 5.30. The highest BCUT2D eigenvalue weighted by Crippen LogP contribution is 2.41. The lowest BCUT2D eigenvalue weighted by atomic mass is 9.94. The van der Waals surface area contributed by atoms with E-state index in [1.165, 1.54) is 30.6 Å². The van der Waals surface area contributed by atoms with E-state index in [0.29, 0.717) is 12.1 Å². The maximum absolute atomic E-state index is 14.8. The molecule has 0 aliphatic carbocycles. The summed E-state index contributed by atoms with van der Waals surface area (Å²) in [4.78, 5) is 26.0. The topological polar surface area (TPSA) is 86.9 Å². The number of carbonyl (C=O) groups excluding carboxylic acids is 2. The molecule has 0 saturated heterocycles. The molecule has 0 spiro atoms. The van der Waals surface area contributed by atoms with Crippen molar-refractivity contribution in [3.05, 3.63) is 117 Å². The Balaban J connectivity index is 1.64. The molecule has 1 atom stereocenters. The van der Waals surface area contributed by atoms with Gasteiger partial charge in [-0.2, -0.15) is 18.3 Å². The Morgan fingerprint density at radius 3 is 2.50 bits per heavy atom. The van der Waals surface area contributed by atoms with Gasteiger partial charge in [0.2, 0.25) is 0 Å². The van der Waals surface area contributed by atoms with Crippen LogP contribution in [0.5, 0.6) is 0 Å². The van der Waals surface area contributed by atoms with Crippen LogP contribution < -0.4 is 10.6 Å². The molecule has 0 fully saturated rings. The van der Waals surface area contributed by atoms with Crippen LogP contribution in [-0.2, 0) is 6.18 Å². The summed E-state index contributed by atoms with van der Waals surface area (Å²) in [5, 5.41) is 11.2. The minimum absolute atomic E-state index is 0.0374. The van der Waals surface area contributed by atoms with E-state index in [1.54, 1.807) is 0 Å². The Bertz CT molecular complexity index is 1690. The molecular formula is C27H15ClF6N4O2. The van der Waals surface area contributed by atoms with Crippen molar-refractivity contribution in [3.8, 4) is 0 Å². The lowest BCUT2D eigenvalue weighted by molar-refractivity contribution is -0.137. The van der Waals surface area contributed by atoms with Crippen molar-refractivity contribution in [2.45, 2.75) is 12.2 Å². The molecule has 1 aliphatic rings. The molecule has 4 aromatic rings. The second-order valence-electron chi connectivity index (χ2n) is 8.76. The van der Waals surface area contributed by atoms with Crippen LogP contribution in [-0.4, -0.2) is 22.0 Å². The minimum atomic E-state index is -4.93. The normalized spacial score (nSPS) is 15.1. The molecule has 0 bridgehead atoms. The summed E-state index contributed by atoms with van der Waals surface area (Å²) in [5.74, 6) is -4.54. The number of hydrogen-bond acceptors (Lipinski definition) is 3. The molecule has 0 saturated carbocycles. The number of nitrogens with one attached hydrogen (secondary N) is 3. The van der Waals surface area contributed by atoms with E-state index < -0.39 is 52.6 Å². The maximum Gasteiger partial charge on any atom is 0.416 e. The molecule has 1 aromatic heterocycles. The summed E-state index contributed by atoms with van der Waals surface area (Å²) in [5.41, 5.74) is -1.82. The van der Waals surface area contributed by atoms with Crippen molar-refractivity contribution >= 4 is 41.0 Å². The smallest absolute Gasteiger partial charge is 0.341 e. The number of rotatable bonds is 5. The molecule has 2 heterocycles. The molecule has 3 N–H and O–H groups in total. The van der Waals surface area contributed by atoms with Gasteiger partial charge in [-0.05, 0) is 60.2 Å². The number of H-pyrrole nitrogens is 1. The Morgan fingerprint density at radius 2 is 1.80 bits per heavy atom. The Hall–Kier alpha value is -4.58.